The van der Waals surface area contributed by atoms with Crippen LogP contribution in [0.4, 0.5) is 0 Å². The average molecular weight is 207 g/mol. The number of nitrogens with zero attached hydrogens (tertiary/aromatic N) is 1. The van der Waals surface area contributed by atoms with Gasteiger partial charge in [-0.15, -0.1) is 0 Å². The van der Waals surface area contributed by atoms with Gasteiger partial charge in [0.2, 0.25) is 0 Å². The van der Waals surface area contributed by atoms with Crippen LogP contribution in [0.3, 0.4) is 0 Å². The van der Waals surface area contributed by atoms with Gasteiger partial charge in [0.05, 0.1) is 19.3 Å². The molecule has 0 bridgehead atoms. The first-order valence-electron chi connectivity index (χ1n) is 4.82. The predicted octanol–water partition coefficient (Wildman–Crippen LogP) is -0.638. The summed E-state index contributed by atoms with van der Waals surface area (Å²) in [6.07, 6.45) is -1.89. The molecule has 14 heavy (non-hydrogen) atoms. The van der Waals surface area contributed by atoms with Crippen LogP contribution in [0, 0.1) is 0 Å². The average Bonchev–Trinajstić information content (AvgIpc) is 2.01. The SMILES string of the molecule is CC(O)COCCN(C(C)O)C(C)O. The van der Waals surface area contributed by atoms with E-state index in [9.17, 15) is 10.2 Å². The van der Waals surface area contributed by atoms with E-state index in [0.717, 1.165) is 0 Å². The molecule has 0 aliphatic heterocycles. The molecule has 0 saturated heterocycles. The quantitative estimate of drug-likeness (QED) is 0.382. The third-order valence-electron chi connectivity index (χ3n) is 1.81. The zero-order chi connectivity index (χ0) is 11.1. The third kappa shape index (κ3) is 6.28. The predicted molar refractivity (Wildman–Crippen MR) is 52.6 cm³/mol. The van der Waals surface area contributed by atoms with Crippen LogP contribution in [-0.2, 0) is 4.74 Å². The molecule has 0 aromatic carbocycles. The molecule has 86 valence electrons. The second-order valence-electron chi connectivity index (χ2n) is 3.43. The van der Waals surface area contributed by atoms with Crippen molar-refractivity contribution in [2.24, 2.45) is 0 Å². The van der Waals surface area contributed by atoms with E-state index in [1.165, 1.54) is 4.90 Å². The summed E-state index contributed by atoms with van der Waals surface area (Å²) in [6.45, 7) is 5.89. The number of hydrogen-bond acceptors (Lipinski definition) is 5. The van der Waals surface area contributed by atoms with E-state index in [2.05, 4.69) is 0 Å². The highest BCUT2D eigenvalue weighted by atomic mass is 16.5. The van der Waals surface area contributed by atoms with E-state index in [-0.39, 0.29) is 6.61 Å². The van der Waals surface area contributed by atoms with E-state index in [4.69, 9.17) is 9.84 Å². The smallest absolute Gasteiger partial charge is 0.106 e. The fourth-order valence-corrected chi connectivity index (χ4v) is 1.11. The fourth-order valence-electron chi connectivity index (χ4n) is 1.11. The Kier molecular flexibility index (Phi) is 7.04. The van der Waals surface area contributed by atoms with Crippen LogP contribution in [0.5, 0.6) is 0 Å². The lowest BCUT2D eigenvalue weighted by atomic mass is 10.4. The van der Waals surface area contributed by atoms with Crippen LogP contribution in [0.25, 0.3) is 0 Å². The maximum absolute atomic E-state index is 9.25. The van der Waals surface area contributed by atoms with E-state index in [1.807, 2.05) is 0 Å². The van der Waals surface area contributed by atoms with Crippen molar-refractivity contribution < 1.29 is 20.1 Å². The molecule has 0 aromatic heterocycles. The summed E-state index contributed by atoms with van der Waals surface area (Å²) in [7, 11) is 0. The van der Waals surface area contributed by atoms with Crippen LogP contribution < -0.4 is 0 Å². The van der Waals surface area contributed by atoms with Crippen LogP contribution >= 0.6 is 0 Å². The van der Waals surface area contributed by atoms with Gasteiger partial charge in [0, 0.05) is 6.54 Å². The van der Waals surface area contributed by atoms with Crippen molar-refractivity contribution in [2.45, 2.75) is 39.3 Å². The Labute approximate surface area is 84.9 Å². The molecule has 0 aliphatic carbocycles. The van der Waals surface area contributed by atoms with Crippen molar-refractivity contribution >= 4 is 0 Å². The molecule has 3 unspecified atom stereocenters. The summed E-state index contributed by atoms with van der Waals surface area (Å²) in [5.41, 5.74) is 0. The van der Waals surface area contributed by atoms with Crippen molar-refractivity contribution in [3.8, 4) is 0 Å². The molecule has 0 amide bonds. The third-order valence-corrected chi connectivity index (χ3v) is 1.81. The zero-order valence-electron chi connectivity index (χ0n) is 9.05. The minimum atomic E-state index is -0.704. The lowest BCUT2D eigenvalue weighted by molar-refractivity contribution is -0.0960. The van der Waals surface area contributed by atoms with Crippen molar-refractivity contribution in [1.29, 1.82) is 0 Å². The van der Waals surface area contributed by atoms with Crippen molar-refractivity contribution in [2.75, 3.05) is 19.8 Å². The standard InChI is InChI=1S/C9H21NO4/c1-7(11)6-14-5-4-10(8(2)12)9(3)13/h7-9,11-13H,4-6H2,1-3H3. The molecule has 5 nitrogen and oxygen atoms in total. The number of aliphatic hydroxyl groups excluding tert-OH is 3. The first-order valence-corrected chi connectivity index (χ1v) is 4.82. The van der Waals surface area contributed by atoms with E-state index in [1.54, 1.807) is 20.8 Å². The zero-order valence-corrected chi connectivity index (χ0v) is 9.05. The van der Waals surface area contributed by atoms with E-state index >= 15 is 0 Å². The van der Waals surface area contributed by atoms with Crippen molar-refractivity contribution in [1.82, 2.24) is 4.90 Å². The van der Waals surface area contributed by atoms with Crippen molar-refractivity contribution in [3.63, 3.8) is 0 Å². The van der Waals surface area contributed by atoms with Gasteiger partial charge in [0.25, 0.3) is 0 Å². The number of ether oxygens (including phenoxy) is 1. The molecule has 5 heteroatoms. The monoisotopic (exact) mass is 207 g/mol. The molecule has 0 spiro atoms. The molecule has 0 aliphatic rings. The molecule has 3 N–H and O–H groups in total. The summed E-state index contributed by atoms with van der Waals surface area (Å²) in [6, 6.07) is 0. The lowest BCUT2D eigenvalue weighted by Gasteiger charge is -2.27. The summed E-state index contributed by atoms with van der Waals surface area (Å²) in [4.78, 5) is 1.49. The maximum atomic E-state index is 9.25. The van der Waals surface area contributed by atoms with Crippen LogP contribution in [-0.4, -0.2) is 58.5 Å². The number of hydrogen-bond donors (Lipinski definition) is 3. The first kappa shape index (κ1) is 13.8. The van der Waals surface area contributed by atoms with E-state index < -0.39 is 18.6 Å². The van der Waals surface area contributed by atoms with Gasteiger partial charge in [-0.1, -0.05) is 0 Å². The molecule has 0 rings (SSSR count). The van der Waals surface area contributed by atoms with Crippen LogP contribution in [0.1, 0.15) is 20.8 Å². The van der Waals surface area contributed by atoms with Gasteiger partial charge in [0.15, 0.2) is 0 Å². The summed E-state index contributed by atoms with van der Waals surface area (Å²) in [5, 5.41) is 27.4. The highest BCUT2D eigenvalue weighted by molar-refractivity contribution is 4.58. The molecular formula is C9H21NO4. The second-order valence-corrected chi connectivity index (χ2v) is 3.43. The Balaban J connectivity index is 3.62. The highest BCUT2D eigenvalue weighted by Gasteiger charge is 2.15. The maximum Gasteiger partial charge on any atom is 0.106 e. The van der Waals surface area contributed by atoms with Gasteiger partial charge < -0.3 is 20.1 Å². The van der Waals surface area contributed by atoms with Gasteiger partial charge in [-0.05, 0) is 20.8 Å². The second kappa shape index (κ2) is 7.14. The highest BCUT2D eigenvalue weighted by Crippen LogP contribution is 2.00. The summed E-state index contributed by atoms with van der Waals surface area (Å²) in [5.74, 6) is 0. The minimum Gasteiger partial charge on any atom is -0.391 e. The minimum absolute atomic E-state index is 0.271. The molecule has 0 radical (unpaired) electrons. The first-order chi connectivity index (χ1) is 6.45. The van der Waals surface area contributed by atoms with E-state index in [0.29, 0.717) is 13.2 Å². The van der Waals surface area contributed by atoms with Crippen molar-refractivity contribution in [3.05, 3.63) is 0 Å². The van der Waals surface area contributed by atoms with Gasteiger partial charge in [-0.25, -0.2) is 0 Å². The number of rotatable bonds is 7. The van der Waals surface area contributed by atoms with Gasteiger partial charge >= 0.3 is 0 Å². The van der Waals surface area contributed by atoms with Gasteiger partial charge in [0.1, 0.15) is 12.5 Å². The lowest BCUT2D eigenvalue weighted by Crippen LogP contribution is -2.42. The Hall–Kier alpha value is -0.200. The Morgan fingerprint density at radius 1 is 1.07 bits per heavy atom. The summed E-state index contributed by atoms with van der Waals surface area (Å²) >= 11 is 0. The van der Waals surface area contributed by atoms with Crippen LogP contribution in [0.15, 0.2) is 0 Å². The molecule has 0 heterocycles. The largest absolute Gasteiger partial charge is 0.391 e. The fraction of sp³-hybridized carbons (Fsp3) is 1.00. The normalized spacial score (nSPS) is 18.2. The Bertz CT molecular complexity index is 131. The Morgan fingerprint density at radius 3 is 1.93 bits per heavy atom. The van der Waals surface area contributed by atoms with Crippen LogP contribution in [0.2, 0.25) is 0 Å². The van der Waals surface area contributed by atoms with Gasteiger partial charge in [-0.3, -0.25) is 4.90 Å². The van der Waals surface area contributed by atoms with Gasteiger partial charge in [-0.2, -0.15) is 0 Å². The topological polar surface area (TPSA) is 73.2 Å². The molecular weight excluding hydrogens is 186 g/mol. The Morgan fingerprint density at radius 2 is 1.57 bits per heavy atom. The molecule has 3 atom stereocenters. The molecule has 0 saturated carbocycles. The molecule has 0 fully saturated rings. The number of aliphatic hydroxyl groups is 3. The molecule has 0 aromatic rings. The summed E-state index contributed by atoms with van der Waals surface area (Å²) < 4.78 is 5.11.